The predicted molar refractivity (Wildman–Crippen MR) is 72.2 cm³/mol. The minimum Gasteiger partial charge on any atom is -0.480 e. The molecule has 0 spiro atoms. The zero-order valence-electron chi connectivity index (χ0n) is 11.0. The van der Waals surface area contributed by atoms with Crippen molar-refractivity contribution in [2.24, 2.45) is 0 Å². The van der Waals surface area contributed by atoms with Gasteiger partial charge in [-0.3, -0.25) is 9.48 Å². The minimum absolute atomic E-state index is 0.0557. The first-order valence-corrected chi connectivity index (χ1v) is 6.69. The van der Waals surface area contributed by atoms with E-state index in [1.54, 1.807) is 17.1 Å². The third-order valence-electron chi connectivity index (χ3n) is 3.27. The number of hydrogen-bond acceptors (Lipinski definition) is 4. The van der Waals surface area contributed by atoms with Crippen molar-refractivity contribution in [3.05, 3.63) is 42.2 Å². The van der Waals surface area contributed by atoms with E-state index >= 15 is 0 Å². The lowest BCUT2D eigenvalue weighted by molar-refractivity contribution is -0.127. The molecule has 2 heterocycles. The summed E-state index contributed by atoms with van der Waals surface area (Å²) in [6.45, 7) is 1.35. The first kappa shape index (κ1) is 12.7. The van der Waals surface area contributed by atoms with Crippen molar-refractivity contribution in [3.8, 4) is 5.75 Å². The smallest absolute Gasteiger partial charge is 0.261 e. The molecule has 0 radical (unpaired) electrons. The van der Waals surface area contributed by atoms with Gasteiger partial charge in [0.1, 0.15) is 5.75 Å². The number of nitrogens with zero attached hydrogens (tertiary/aromatic N) is 3. The molecule has 1 amide bonds. The van der Waals surface area contributed by atoms with Crippen LogP contribution in [0.2, 0.25) is 0 Å². The number of amides is 1. The van der Waals surface area contributed by atoms with Gasteiger partial charge in [0.05, 0.1) is 6.20 Å². The fraction of sp³-hybridized carbons (Fsp3) is 0.357. The molecule has 6 heteroatoms. The number of aromatic nitrogens is 3. The Hall–Kier alpha value is -2.37. The van der Waals surface area contributed by atoms with E-state index in [9.17, 15) is 4.79 Å². The first-order valence-electron chi connectivity index (χ1n) is 6.69. The minimum atomic E-state index is -0.404. The molecule has 6 nitrogen and oxygen atoms in total. The van der Waals surface area contributed by atoms with Gasteiger partial charge in [-0.2, -0.15) is 0 Å². The third kappa shape index (κ3) is 2.79. The molecule has 1 N–H and O–H groups in total. The molecule has 0 saturated heterocycles. The number of ether oxygens (including phenoxy) is 1. The molecule has 0 aliphatic carbocycles. The average molecular weight is 272 g/mol. The number of aryl methyl sites for hydroxylation is 1. The molecule has 20 heavy (non-hydrogen) atoms. The Morgan fingerprint density at radius 1 is 1.45 bits per heavy atom. The fourth-order valence-electron chi connectivity index (χ4n) is 2.25. The lowest BCUT2D eigenvalue weighted by Gasteiger charge is -2.11. The first-order chi connectivity index (χ1) is 9.83. The second-order valence-electron chi connectivity index (χ2n) is 4.73. The Bertz CT molecular complexity index is 558. The lowest BCUT2D eigenvalue weighted by Crippen LogP contribution is -2.38. The Balaban J connectivity index is 1.42. The van der Waals surface area contributed by atoms with Crippen LogP contribution < -0.4 is 10.1 Å². The quantitative estimate of drug-likeness (QED) is 0.817. The largest absolute Gasteiger partial charge is 0.480 e. The van der Waals surface area contributed by atoms with Crippen LogP contribution in [0.15, 0.2) is 36.7 Å². The molecular formula is C14H16N4O2. The van der Waals surface area contributed by atoms with Gasteiger partial charge in [-0.05, 0) is 18.1 Å². The SMILES string of the molecule is O=C(NCCCn1ccnn1)[C@H]1Cc2ccccc2O1. The number of fused-ring (bicyclic) bond motifs is 1. The maximum atomic E-state index is 12.0. The summed E-state index contributed by atoms with van der Waals surface area (Å²) < 4.78 is 7.38. The Kier molecular flexibility index (Phi) is 3.62. The fourth-order valence-corrected chi connectivity index (χ4v) is 2.25. The second-order valence-corrected chi connectivity index (χ2v) is 4.73. The summed E-state index contributed by atoms with van der Waals surface area (Å²) in [4.78, 5) is 12.0. The van der Waals surface area contributed by atoms with Gasteiger partial charge in [0.15, 0.2) is 6.10 Å². The van der Waals surface area contributed by atoms with Gasteiger partial charge in [0, 0.05) is 25.7 Å². The van der Waals surface area contributed by atoms with Crippen molar-refractivity contribution in [2.45, 2.75) is 25.5 Å². The van der Waals surface area contributed by atoms with E-state index in [1.807, 2.05) is 24.3 Å². The summed E-state index contributed by atoms with van der Waals surface area (Å²) in [6.07, 6.45) is 4.50. The van der Waals surface area contributed by atoms with Crippen LogP contribution in [0.1, 0.15) is 12.0 Å². The van der Waals surface area contributed by atoms with Gasteiger partial charge >= 0.3 is 0 Å². The Morgan fingerprint density at radius 3 is 3.15 bits per heavy atom. The van der Waals surface area contributed by atoms with E-state index in [4.69, 9.17) is 4.74 Å². The molecule has 1 aromatic heterocycles. The van der Waals surface area contributed by atoms with Crippen LogP contribution in [-0.4, -0.2) is 33.5 Å². The molecule has 0 fully saturated rings. The van der Waals surface area contributed by atoms with E-state index in [0.717, 1.165) is 24.3 Å². The molecule has 104 valence electrons. The molecule has 0 bridgehead atoms. The summed E-state index contributed by atoms with van der Waals surface area (Å²) in [7, 11) is 0. The summed E-state index contributed by atoms with van der Waals surface area (Å²) in [6, 6.07) is 7.76. The third-order valence-corrected chi connectivity index (χ3v) is 3.27. The van der Waals surface area contributed by atoms with Crippen molar-refractivity contribution in [3.63, 3.8) is 0 Å². The van der Waals surface area contributed by atoms with Gasteiger partial charge < -0.3 is 10.1 Å². The van der Waals surface area contributed by atoms with Gasteiger partial charge in [-0.25, -0.2) is 0 Å². The number of carbonyl (C=O) groups excluding carboxylic acids is 1. The molecule has 0 unspecified atom stereocenters. The van der Waals surface area contributed by atoms with Crippen molar-refractivity contribution < 1.29 is 9.53 Å². The second kappa shape index (κ2) is 5.73. The summed E-state index contributed by atoms with van der Waals surface area (Å²) in [5.74, 6) is 0.759. The van der Waals surface area contributed by atoms with Gasteiger partial charge in [0.2, 0.25) is 0 Å². The Morgan fingerprint density at radius 2 is 2.35 bits per heavy atom. The monoisotopic (exact) mass is 272 g/mol. The predicted octanol–water partition coefficient (Wildman–Crippen LogP) is 0.788. The number of nitrogens with one attached hydrogen (secondary N) is 1. The summed E-state index contributed by atoms with van der Waals surface area (Å²) in [5.41, 5.74) is 1.09. The lowest BCUT2D eigenvalue weighted by atomic mass is 10.1. The van der Waals surface area contributed by atoms with Crippen LogP contribution in [0.5, 0.6) is 5.75 Å². The van der Waals surface area contributed by atoms with Gasteiger partial charge in [0.25, 0.3) is 5.91 Å². The highest BCUT2D eigenvalue weighted by Crippen LogP contribution is 2.27. The molecular weight excluding hydrogens is 256 g/mol. The zero-order valence-corrected chi connectivity index (χ0v) is 11.0. The van der Waals surface area contributed by atoms with Crippen LogP contribution >= 0.6 is 0 Å². The van der Waals surface area contributed by atoms with Gasteiger partial charge in [-0.15, -0.1) is 5.10 Å². The highest BCUT2D eigenvalue weighted by atomic mass is 16.5. The molecule has 1 aliphatic heterocycles. The van der Waals surface area contributed by atoms with Crippen LogP contribution in [0.3, 0.4) is 0 Å². The van der Waals surface area contributed by atoms with Crippen LogP contribution in [0.25, 0.3) is 0 Å². The van der Waals surface area contributed by atoms with E-state index in [-0.39, 0.29) is 5.91 Å². The van der Waals surface area contributed by atoms with E-state index in [0.29, 0.717) is 13.0 Å². The molecule has 0 saturated carbocycles. The number of rotatable bonds is 5. The van der Waals surface area contributed by atoms with Crippen molar-refractivity contribution >= 4 is 5.91 Å². The van der Waals surface area contributed by atoms with Crippen LogP contribution in [0, 0.1) is 0 Å². The van der Waals surface area contributed by atoms with E-state index < -0.39 is 6.10 Å². The van der Waals surface area contributed by atoms with Gasteiger partial charge in [-0.1, -0.05) is 23.4 Å². The Labute approximate surface area is 116 Å². The zero-order chi connectivity index (χ0) is 13.8. The summed E-state index contributed by atoms with van der Waals surface area (Å²) in [5, 5.41) is 10.5. The summed E-state index contributed by atoms with van der Waals surface area (Å²) >= 11 is 0. The van der Waals surface area contributed by atoms with Crippen LogP contribution in [-0.2, 0) is 17.8 Å². The normalized spacial score (nSPS) is 16.5. The standard InChI is InChI=1S/C14H16N4O2/c19-14(15-6-3-8-18-9-7-16-17-18)13-10-11-4-1-2-5-12(11)20-13/h1-2,4-5,7,9,13H,3,6,8,10H2,(H,15,19)/t13-/m1/s1. The molecule has 2 aromatic rings. The highest BCUT2D eigenvalue weighted by molar-refractivity contribution is 5.82. The molecule has 3 rings (SSSR count). The average Bonchev–Trinajstić information content (AvgIpc) is 3.12. The highest BCUT2D eigenvalue weighted by Gasteiger charge is 2.28. The number of carbonyl (C=O) groups is 1. The number of benzene rings is 1. The van der Waals surface area contributed by atoms with Crippen molar-refractivity contribution in [2.75, 3.05) is 6.54 Å². The maximum absolute atomic E-state index is 12.0. The van der Waals surface area contributed by atoms with Crippen LogP contribution in [0.4, 0.5) is 0 Å². The number of hydrogen-bond donors (Lipinski definition) is 1. The van der Waals surface area contributed by atoms with Crippen molar-refractivity contribution in [1.29, 1.82) is 0 Å². The van der Waals surface area contributed by atoms with E-state index in [1.165, 1.54) is 0 Å². The molecule has 1 atom stereocenters. The molecule has 1 aliphatic rings. The molecule has 1 aromatic carbocycles. The number of para-hydroxylation sites is 1. The van der Waals surface area contributed by atoms with E-state index in [2.05, 4.69) is 15.6 Å². The maximum Gasteiger partial charge on any atom is 0.261 e. The topological polar surface area (TPSA) is 69.0 Å². The van der Waals surface area contributed by atoms with Crippen molar-refractivity contribution in [1.82, 2.24) is 20.3 Å².